The number of hydrogen-bond acceptors (Lipinski definition) is 1. The van der Waals surface area contributed by atoms with Crippen LogP contribution in [0, 0.1) is 40.4 Å². The van der Waals surface area contributed by atoms with Gasteiger partial charge in [-0.3, -0.25) is 0 Å². The van der Waals surface area contributed by atoms with Gasteiger partial charge >= 0.3 is 0 Å². The fraction of sp³-hybridized carbons (Fsp3) is 0.923. The highest BCUT2D eigenvalue weighted by Crippen LogP contribution is 2.66. The Morgan fingerprint density at radius 1 is 1.04 bits per heavy atom. The molecule has 3 fully saturated rings. The van der Waals surface area contributed by atoms with Crippen LogP contribution in [0.3, 0.4) is 0 Å². The van der Waals surface area contributed by atoms with Gasteiger partial charge in [0.2, 0.25) is 0 Å². The zero-order chi connectivity index (χ0) is 19.8. The van der Waals surface area contributed by atoms with Crippen molar-refractivity contribution in [2.45, 2.75) is 112 Å². The van der Waals surface area contributed by atoms with Crippen LogP contribution in [0.2, 0.25) is 0 Å². The van der Waals surface area contributed by atoms with Crippen LogP contribution in [-0.4, -0.2) is 6.04 Å². The number of fused-ring (bicyclic) bond motifs is 5. The molecular formula is C26H47N. The molecule has 1 nitrogen and oxygen atoms in total. The van der Waals surface area contributed by atoms with Gasteiger partial charge in [0.25, 0.3) is 0 Å². The lowest BCUT2D eigenvalue weighted by Crippen LogP contribution is -2.51. The largest absolute Gasteiger partial charge is 0.327 e. The van der Waals surface area contributed by atoms with E-state index in [2.05, 4.69) is 33.8 Å². The first-order valence-electron chi connectivity index (χ1n) is 12.3. The number of allylic oxidation sites excluding steroid dienone is 1. The maximum absolute atomic E-state index is 6.31. The maximum atomic E-state index is 6.31. The molecule has 0 spiro atoms. The van der Waals surface area contributed by atoms with Crippen molar-refractivity contribution in [3.05, 3.63) is 11.6 Å². The number of rotatable bonds is 3. The van der Waals surface area contributed by atoms with E-state index in [1.165, 1.54) is 64.2 Å². The van der Waals surface area contributed by atoms with Gasteiger partial charge in [-0.05, 0) is 98.2 Å². The van der Waals surface area contributed by atoms with Gasteiger partial charge in [0.1, 0.15) is 0 Å². The van der Waals surface area contributed by atoms with Gasteiger partial charge in [-0.1, -0.05) is 59.6 Å². The van der Waals surface area contributed by atoms with Crippen molar-refractivity contribution in [2.75, 3.05) is 0 Å². The summed E-state index contributed by atoms with van der Waals surface area (Å²) in [6, 6.07) is 0.427. The van der Waals surface area contributed by atoms with Crippen LogP contribution >= 0.6 is 0 Å². The van der Waals surface area contributed by atoms with Crippen LogP contribution in [0.1, 0.15) is 106 Å². The van der Waals surface area contributed by atoms with E-state index in [1.54, 1.807) is 5.57 Å². The zero-order valence-corrected chi connectivity index (χ0v) is 19.2. The van der Waals surface area contributed by atoms with E-state index >= 15 is 0 Å². The zero-order valence-electron chi connectivity index (χ0n) is 19.2. The van der Waals surface area contributed by atoms with Crippen molar-refractivity contribution in [3.63, 3.8) is 0 Å². The predicted molar refractivity (Wildman–Crippen MR) is 119 cm³/mol. The molecule has 4 aliphatic rings. The van der Waals surface area contributed by atoms with E-state index in [9.17, 15) is 0 Å². The molecule has 0 aromatic rings. The number of nitrogens with two attached hydrogens (primary N) is 1. The van der Waals surface area contributed by atoms with Gasteiger partial charge in [-0.25, -0.2) is 0 Å². The monoisotopic (exact) mass is 373 g/mol. The van der Waals surface area contributed by atoms with Gasteiger partial charge in [-0.2, -0.15) is 0 Å². The molecule has 0 aliphatic heterocycles. The Labute approximate surface area is 169 Å². The molecule has 4 aliphatic carbocycles. The fourth-order valence-corrected chi connectivity index (χ4v) is 7.81. The first-order valence-corrected chi connectivity index (χ1v) is 12.3. The van der Waals surface area contributed by atoms with Crippen molar-refractivity contribution in [1.29, 1.82) is 0 Å². The third-order valence-electron chi connectivity index (χ3n) is 9.43. The van der Waals surface area contributed by atoms with E-state index in [0.717, 1.165) is 29.6 Å². The lowest BCUT2D eigenvalue weighted by molar-refractivity contribution is -0.0437. The van der Waals surface area contributed by atoms with Crippen molar-refractivity contribution in [1.82, 2.24) is 0 Å². The van der Waals surface area contributed by atoms with Crippen molar-refractivity contribution >= 4 is 0 Å². The van der Waals surface area contributed by atoms with Gasteiger partial charge in [0, 0.05) is 6.04 Å². The lowest BCUT2D eigenvalue weighted by Gasteiger charge is -2.58. The third-order valence-corrected chi connectivity index (χ3v) is 9.43. The standard InChI is InChI=1S/C24H41N.C2H6/c1-16(2)5-6-17-8-10-21-20-9-7-18-15-19(25)11-13-24(18,4)22(20)12-14-23(17,21)3;1-2/h7,16-17,19-22H,5-6,8-15,25H2,1-4H3;1-2H3. The highest BCUT2D eigenvalue weighted by molar-refractivity contribution is 5.25. The highest BCUT2D eigenvalue weighted by Gasteiger charge is 2.58. The Morgan fingerprint density at radius 2 is 1.78 bits per heavy atom. The van der Waals surface area contributed by atoms with Crippen molar-refractivity contribution in [3.8, 4) is 0 Å². The molecule has 4 rings (SSSR count). The average molecular weight is 374 g/mol. The second-order valence-corrected chi connectivity index (χ2v) is 11.1. The first-order chi connectivity index (χ1) is 12.8. The Kier molecular flexibility index (Phi) is 6.51. The van der Waals surface area contributed by atoms with Crippen LogP contribution in [0.25, 0.3) is 0 Å². The Morgan fingerprint density at radius 3 is 2.48 bits per heavy atom. The molecule has 0 aromatic carbocycles. The summed E-state index contributed by atoms with van der Waals surface area (Å²) in [6.07, 6.45) is 16.7. The molecule has 7 unspecified atom stereocenters. The van der Waals surface area contributed by atoms with E-state index in [4.69, 9.17) is 5.73 Å². The molecule has 3 saturated carbocycles. The van der Waals surface area contributed by atoms with Crippen molar-refractivity contribution < 1.29 is 0 Å². The van der Waals surface area contributed by atoms with Crippen molar-refractivity contribution in [2.24, 2.45) is 46.2 Å². The Balaban J connectivity index is 0.00000102. The summed E-state index contributed by atoms with van der Waals surface area (Å²) in [5.74, 6) is 4.77. The van der Waals surface area contributed by atoms with E-state index in [0.29, 0.717) is 16.9 Å². The molecular weight excluding hydrogens is 326 g/mol. The summed E-state index contributed by atoms with van der Waals surface area (Å²) in [4.78, 5) is 0. The second-order valence-electron chi connectivity index (χ2n) is 11.1. The molecule has 0 bridgehead atoms. The second kappa shape index (κ2) is 8.21. The SMILES string of the molecule is CC.CC(C)CCC1CCC2C3CC=C4CC(N)CCC4(C)C3CCC12C. The molecule has 27 heavy (non-hydrogen) atoms. The first kappa shape index (κ1) is 21.4. The van der Waals surface area contributed by atoms with E-state index in [1.807, 2.05) is 13.8 Å². The summed E-state index contributed by atoms with van der Waals surface area (Å²) in [5.41, 5.74) is 9.18. The van der Waals surface area contributed by atoms with Gasteiger partial charge in [-0.15, -0.1) is 0 Å². The third kappa shape index (κ3) is 3.67. The van der Waals surface area contributed by atoms with E-state index < -0.39 is 0 Å². The molecule has 0 amide bonds. The highest BCUT2D eigenvalue weighted by atomic mass is 14.7. The Hall–Kier alpha value is -0.300. The van der Waals surface area contributed by atoms with Crippen LogP contribution in [-0.2, 0) is 0 Å². The minimum atomic E-state index is 0.427. The van der Waals surface area contributed by atoms with Gasteiger partial charge in [0.05, 0.1) is 0 Å². The summed E-state index contributed by atoms with van der Waals surface area (Å²) in [7, 11) is 0. The summed E-state index contributed by atoms with van der Waals surface area (Å²) < 4.78 is 0. The molecule has 0 heterocycles. The summed E-state index contributed by atoms with van der Waals surface area (Å²) >= 11 is 0. The minimum absolute atomic E-state index is 0.427. The molecule has 156 valence electrons. The van der Waals surface area contributed by atoms with Gasteiger partial charge in [0.15, 0.2) is 0 Å². The lowest BCUT2D eigenvalue weighted by atomic mass is 9.47. The predicted octanol–water partition coefficient (Wildman–Crippen LogP) is 7.36. The van der Waals surface area contributed by atoms with Gasteiger partial charge < -0.3 is 5.73 Å². The minimum Gasteiger partial charge on any atom is -0.327 e. The fourth-order valence-electron chi connectivity index (χ4n) is 7.81. The molecule has 1 heteroatoms. The topological polar surface area (TPSA) is 26.0 Å². The van der Waals surface area contributed by atoms with Crippen LogP contribution in [0.4, 0.5) is 0 Å². The van der Waals surface area contributed by atoms with Crippen LogP contribution < -0.4 is 5.73 Å². The smallest absolute Gasteiger partial charge is 0.00766 e. The summed E-state index contributed by atoms with van der Waals surface area (Å²) in [5, 5.41) is 0. The maximum Gasteiger partial charge on any atom is 0.00766 e. The van der Waals surface area contributed by atoms with Crippen LogP contribution in [0.5, 0.6) is 0 Å². The average Bonchev–Trinajstić information content (AvgIpc) is 2.98. The molecule has 0 radical (unpaired) electrons. The normalized spacial score (nSPS) is 45.9. The Bertz CT molecular complexity index is 534. The number of hydrogen-bond donors (Lipinski definition) is 1. The quantitative estimate of drug-likeness (QED) is 0.514. The van der Waals surface area contributed by atoms with E-state index in [-0.39, 0.29) is 0 Å². The molecule has 7 atom stereocenters. The molecule has 2 N–H and O–H groups in total. The summed E-state index contributed by atoms with van der Waals surface area (Å²) in [6.45, 7) is 14.1. The molecule has 0 aromatic heterocycles. The van der Waals surface area contributed by atoms with Crippen LogP contribution in [0.15, 0.2) is 11.6 Å². The molecule has 0 saturated heterocycles.